The van der Waals surface area contributed by atoms with Gasteiger partial charge in [0.15, 0.2) is 5.78 Å². The van der Waals surface area contributed by atoms with Gasteiger partial charge in [-0.15, -0.1) is 0 Å². The number of rotatable bonds is 7. The standard InChI is InChI=1S/C31H29NO5/c1-20-28(31(35)37-17-16-36-25-10-6-3-7-11-25)29(22-12-14-24(33)15-13-22)30-26(32-20)18-23(19-27(30)34)21-8-4-2-5-9-21/h2-15,23,29,32-33H,16-19H2,1H3. The number of carbonyl (C=O) groups excluding carboxylic acids is 2. The van der Waals surface area contributed by atoms with Crippen molar-refractivity contribution in [2.45, 2.75) is 31.6 Å². The first-order valence-electron chi connectivity index (χ1n) is 12.4. The van der Waals surface area contributed by atoms with Crippen molar-refractivity contribution in [2.24, 2.45) is 0 Å². The zero-order valence-electron chi connectivity index (χ0n) is 20.6. The van der Waals surface area contributed by atoms with Crippen LogP contribution in [0.3, 0.4) is 0 Å². The molecule has 0 aromatic heterocycles. The third-order valence-corrected chi connectivity index (χ3v) is 6.87. The number of allylic oxidation sites excluding steroid dienone is 3. The fraction of sp³-hybridized carbons (Fsp3) is 0.226. The maximum Gasteiger partial charge on any atom is 0.336 e. The molecule has 3 aromatic rings. The third kappa shape index (κ3) is 5.28. The van der Waals surface area contributed by atoms with Crippen LogP contribution in [0.2, 0.25) is 0 Å². The van der Waals surface area contributed by atoms with Crippen LogP contribution < -0.4 is 10.1 Å². The predicted molar refractivity (Wildman–Crippen MR) is 140 cm³/mol. The molecule has 1 aliphatic carbocycles. The topological polar surface area (TPSA) is 84.9 Å². The van der Waals surface area contributed by atoms with Crippen LogP contribution in [0.15, 0.2) is 107 Å². The summed E-state index contributed by atoms with van der Waals surface area (Å²) in [6, 6.07) is 26.0. The molecular formula is C31H29NO5. The van der Waals surface area contributed by atoms with Crippen molar-refractivity contribution in [3.8, 4) is 11.5 Å². The molecule has 1 aliphatic heterocycles. The fourth-order valence-corrected chi connectivity index (χ4v) is 5.16. The number of hydrogen-bond acceptors (Lipinski definition) is 6. The predicted octanol–water partition coefficient (Wildman–Crippen LogP) is 5.38. The lowest BCUT2D eigenvalue weighted by Gasteiger charge is -2.36. The maximum absolute atomic E-state index is 13.6. The highest BCUT2D eigenvalue weighted by Crippen LogP contribution is 2.45. The number of nitrogens with one attached hydrogen (secondary N) is 1. The van der Waals surface area contributed by atoms with Crippen molar-refractivity contribution in [2.75, 3.05) is 13.2 Å². The normalized spacial score (nSPS) is 19.2. The van der Waals surface area contributed by atoms with E-state index in [2.05, 4.69) is 5.32 Å². The zero-order chi connectivity index (χ0) is 25.8. The molecule has 37 heavy (non-hydrogen) atoms. The van der Waals surface area contributed by atoms with E-state index in [1.807, 2.05) is 67.6 Å². The molecular weight excluding hydrogens is 466 g/mol. The summed E-state index contributed by atoms with van der Waals surface area (Å²) in [4.78, 5) is 27.0. The molecule has 5 rings (SSSR count). The lowest BCUT2D eigenvalue weighted by molar-refractivity contribution is -0.140. The van der Waals surface area contributed by atoms with Crippen LogP contribution in [-0.2, 0) is 14.3 Å². The highest BCUT2D eigenvalue weighted by molar-refractivity contribution is 6.04. The molecule has 6 nitrogen and oxygen atoms in total. The molecule has 0 bridgehead atoms. The Bertz CT molecular complexity index is 1340. The first kappa shape index (κ1) is 24.4. The van der Waals surface area contributed by atoms with Gasteiger partial charge in [0.2, 0.25) is 0 Å². The third-order valence-electron chi connectivity index (χ3n) is 6.87. The summed E-state index contributed by atoms with van der Waals surface area (Å²) in [5, 5.41) is 13.2. The van der Waals surface area contributed by atoms with Crippen molar-refractivity contribution in [3.05, 3.63) is 119 Å². The van der Waals surface area contributed by atoms with Gasteiger partial charge in [-0.2, -0.15) is 0 Å². The van der Waals surface area contributed by atoms with Gasteiger partial charge in [0, 0.05) is 29.3 Å². The van der Waals surface area contributed by atoms with Gasteiger partial charge in [0.1, 0.15) is 24.7 Å². The minimum atomic E-state index is -0.580. The van der Waals surface area contributed by atoms with E-state index in [0.29, 0.717) is 35.4 Å². The van der Waals surface area contributed by atoms with Gasteiger partial charge in [-0.05, 0) is 54.7 Å². The number of para-hydroxylation sites is 1. The average Bonchev–Trinajstić information content (AvgIpc) is 2.91. The summed E-state index contributed by atoms with van der Waals surface area (Å²) in [7, 11) is 0. The first-order valence-corrected chi connectivity index (χ1v) is 12.4. The van der Waals surface area contributed by atoms with Crippen LogP contribution >= 0.6 is 0 Å². The van der Waals surface area contributed by atoms with E-state index in [9.17, 15) is 14.7 Å². The minimum Gasteiger partial charge on any atom is -0.508 e. The summed E-state index contributed by atoms with van der Waals surface area (Å²) in [6.45, 7) is 2.12. The van der Waals surface area contributed by atoms with E-state index >= 15 is 0 Å². The molecule has 0 spiro atoms. The molecule has 0 saturated heterocycles. The molecule has 6 heteroatoms. The molecule has 2 aliphatic rings. The van der Waals surface area contributed by atoms with Crippen LogP contribution in [0.1, 0.15) is 42.7 Å². The number of ether oxygens (including phenoxy) is 2. The second-order valence-corrected chi connectivity index (χ2v) is 9.32. The van der Waals surface area contributed by atoms with E-state index in [-0.39, 0.29) is 30.7 Å². The van der Waals surface area contributed by atoms with Gasteiger partial charge < -0.3 is 19.9 Å². The van der Waals surface area contributed by atoms with E-state index in [4.69, 9.17) is 9.47 Å². The molecule has 0 fully saturated rings. The molecule has 0 radical (unpaired) electrons. The van der Waals surface area contributed by atoms with E-state index in [1.165, 1.54) is 0 Å². The quantitative estimate of drug-likeness (QED) is 0.338. The number of esters is 1. The smallest absolute Gasteiger partial charge is 0.336 e. The van der Waals surface area contributed by atoms with Crippen LogP contribution in [0.25, 0.3) is 0 Å². The second kappa shape index (κ2) is 10.7. The lowest BCUT2D eigenvalue weighted by Crippen LogP contribution is -2.36. The van der Waals surface area contributed by atoms with Crippen LogP contribution in [0, 0.1) is 0 Å². The SMILES string of the molecule is CC1=C(C(=O)OCCOc2ccccc2)C(c2ccc(O)cc2)C2=C(CC(c3ccccc3)CC2=O)N1. The molecule has 2 atom stereocenters. The highest BCUT2D eigenvalue weighted by atomic mass is 16.6. The van der Waals surface area contributed by atoms with Crippen molar-refractivity contribution < 1.29 is 24.2 Å². The van der Waals surface area contributed by atoms with E-state index < -0.39 is 11.9 Å². The largest absolute Gasteiger partial charge is 0.508 e. The van der Waals surface area contributed by atoms with E-state index in [0.717, 1.165) is 16.8 Å². The molecule has 2 N–H and O–H groups in total. The van der Waals surface area contributed by atoms with Crippen molar-refractivity contribution >= 4 is 11.8 Å². The molecule has 0 saturated carbocycles. The zero-order valence-corrected chi connectivity index (χ0v) is 20.6. The number of hydrogen-bond donors (Lipinski definition) is 2. The molecule has 1 heterocycles. The Labute approximate surface area is 216 Å². The van der Waals surface area contributed by atoms with Crippen LogP contribution in [-0.4, -0.2) is 30.1 Å². The van der Waals surface area contributed by atoms with Gasteiger partial charge in [-0.1, -0.05) is 60.7 Å². The number of ketones is 1. The number of dihydropyridines is 1. The van der Waals surface area contributed by atoms with Gasteiger partial charge in [0.05, 0.1) is 5.57 Å². The Balaban J connectivity index is 1.41. The number of Topliss-reactive ketones (excluding diaryl/α,β-unsaturated/α-hetero) is 1. The number of phenols is 1. The average molecular weight is 496 g/mol. The highest BCUT2D eigenvalue weighted by Gasteiger charge is 2.41. The van der Waals surface area contributed by atoms with Gasteiger partial charge in [0.25, 0.3) is 0 Å². The number of benzene rings is 3. The molecule has 3 aromatic carbocycles. The van der Waals surface area contributed by atoms with E-state index in [1.54, 1.807) is 24.3 Å². The van der Waals surface area contributed by atoms with Crippen LogP contribution in [0.5, 0.6) is 11.5 Å². The Morgan fingerprint density at radius 3 is 2.27 bits per heavy atom. The Hall–Kier alpha value is -4.32. The molecule has 188 valence electrons. The van der Waals surface area contributed by atoms with Crippen molar-refractivity contribution in [1.82, 2.24) is 5.32 Å². The first-order chi connectivity index (χ1) is 18.0. The monoisotopic (exact) mass is 495 g/mol. The Morgan fingerprint density at radius 1 is 0.892 bits per heavy atom. The van der Waals surface area contributed by atoms with Crippen molar-refractivity contribution in [1.29, 1.82) is 0 Å². The second-order valence-electron chi connectivity index (χ2n) is 9.32. The number of phenolic OH excluding ortho intramolecular Hbond substituents is 1. The maximum atomic E-state index is 13.6. The Morgan fingerprint density at radius 2 is 1.57 bits per heavy atom. The summed E-state index contributed by atoms with van der Waals surface area (Å²) >= 11 is 0. The van der Waals surface area contributed by atoms with Gasteiger partial charge >= 0.3 is 5.97 Å². The summed E-state index contributed by atoms with van der Waals surface area (Å²) in [5.74, 6) is -0.185. The summed E-state index contributed by atoms with van der Waals surface area (Å²) < 4.78 is 11.3. The minimum absolute atomic E-state index is 0.00545. The number of aromatic hydroxyl groups is 1. The fourth-order valence-electron chi connectivity index (χ4n) is 5.16. The van der Waals surface area contributed by atoms with Gasteiger partial charge in [-0.25, -0.2) is 4.79 Å². The van der Waals surface area contributed by atoms with Crippen LogP contribution in [0.4, 0.5) is 0 Å². The lowest BCUT2D eigenvalue weighted by atomic mass is 9.72. The Kier molecular flexibility index (Phi) is 7.08. The summed E-state index contributed by atoms with van der Waals surface area (Å²) in [6.07, 6.45) is 1.04. The van der Waals surface area contributed by atoms with Crippen molar-refractivity contribution in [3.63, 3.8) is 0 Å². The number of carbonyl (C=O) groups is 2. The molecule has 0 amide bonds. The van der Waals surface area contributed by atoms with Gasteiger partial charge in [-0.3, -0.25) is 4.79 Å². The molecule has 2 unspecified atom stereocenters. The summed E-state index contributed by atoms with van der Waals surface area (Å²) in [5.41, 5.74) is 4.37.